The zero-order valence-corrected chi connectivity index (χ0v) is 9.85. The quantitative estimate of drug-likeness (QED) is 0.826. The Morgan fingerprint density at radius 1 is 1.06 bits per heavy atom. The van der Waals surface area contributed by atoms with Gasteiger partial charge in [-0.15, -0.1) is 0 Å². The summed E-state index contributed by atoms with van der Waals surface area (Å²) in [4.78, 5) is 3.83. The average molecular weight is 256 g/mol. The van der Waals surface area contributed by atoms with Crippen molar-refractivity contribution in [2.45, 2.75) is 0 Å². The number of nitrogens with zero attached hydrogens (tertiary/aromatic N) is 3. The van der Waals surface area contributed by atoms with Gasteiger partial charge in [0.2, 0.25) is 0 Å². The van der Waals surface area contributed by atoms with Gasteiger partial charge in [0.05, 0.1) is 10.6 Å². The zero-order valence-electron chi connectivity index (χ0n) is 9.09. The van der Waals surface area contributed by atoms with E-state index in [1.807, 2.05) is 12.1 Å². The molecule has 0 radical (unpaired) electrons. The first-order valence-corrected chi connectivity index (χ1v) is 5.34. The third-order valence-corrected chi connectivity index (χ3v) is 2.46. The van der Waals surface area contributed by atoms with Gasteiger partial charge in [0.15, 0.2) is 0 Å². The first-order chi connectivity index (χ1) is 8.72. The van der Waals surface area contributed by atoms with Crippen molar-refractivity contribution in [3.8, 4) is 23.6 Å². The molecule has 0 bridgehead atoms. The molecule has 1 heterocycles. The third kappa shape index (κ3) is 2.57. The molecule has 0 aliphatic carbocycles. The SMILES string of the molecule is N#Cc1cc(Oc2ccc(C#N)c(Cl)c2)ccn1. The van der Waals surface area contributed by atoms with Crippen LogP contribution in [0.25, 0.3) is 0 Å². The zero-order chi connectivity index (χ0) is 13.0. The molecule has 1 aromatic heterocycles. The molecule has 0 spiro atoms. The fraction of sp³-hybridized carbons (Fsp3) is 0. The maximum Gasteiger partial charge on any atom is 0.144 e. The first kappa shape index (κ1) is 11.9. The standard InChI is InChI=1S/C13H6ClN3O/c14-13-6-11(2-1-9(13)7-15)18-12-3-4-17-10(5-12)8-16/h1-6H. The third-order valence-electron chi connectivity index (χ3n) is 2.14. The highest BCUT2D eigenvalue weighted by Gasteiger charge is 2.04. The summed E-state index contributed by atoms with van der Waals surface area (Å²) in [5.41, 5.74) is 0.656. The second kappa shape index (κ2) is 5.18. The highest BCUT2D eigenvalue weighted by atomic mass is 35.5. The Hall–Kier alpha value is -2.56. The van der Waals surface area contributed by atoms with E-state index < -0.39 is 0 Å². The lowest BCUT2D eigenvalue weighted by molar-refractivity contribution is 0.481. The smallest absolute Gasteiger partial charge is 0.144 e. The van der Waals surface area contributed by atoms with Crippen molar-refractivity contribution in [3.63, 3.8) is 0 Å². The average Bonchev–Trinajstić information content (AvgIpc) is 2.39. The molecule has 2 aromatic rings. The Morgan fingerprint density at radius 3 is 2.50 bits per heavy atom. The second-order valence-electron chi connectivity index (χ2n) is 3.34. The summed E-state index contributed by atoms with van der Waals surface area (Å²) in [6.45, 7) is 0. The van der Waals surface area contributed by atoms with Gasteiger partial charge in [-0.05, 0) is 18.2 Å². The van der Waals surface area contributed by atoms with Gasteiger partial charge in [-0.25, -0.2) is 4.98 Å². The van der Waals surface area contributed by atoms with Crippen LogP contribution in [-0.4, -0.2) is 4.98 Å². The van der Waals surface area contributed by atoms with Gasteiger partial charge in [0.25, 0.3) is 0 Å². The minimum Gasteiger partial charge on any atom is -0.457 e. The highest BCUT2D eigenvalue weighted by molar-refractivity contribution is 6.31. The highest BCUT2D eigenvalue weighted by Crippen LogP contribution is 2.26. The van der Waals surface area contributed by atoms with Crippen LogP contribution in [0.4, 0.5) is 0 Å². The number of benzene rings is 1. The van der Waals surface area contributed by atoms with Gasteiger partial charge in [-0.2, -0.15) is 10.5 Å². The van der Waals surface area contributed by atoms with Gasteiger partial charge >= 0.3 is 0 Å². The Labute approximate surface area is 109 Å². The van der Waals surface area contributed by atoms with Gasteiger partial charge in [0.1, 0.15) is 29.3 Å². The summed E-state index contributed by atoms with van der Waals surface area (Å²) >= 11 is 5.89. The summed E-state index contributed by atoms with van der Waals surface area (Å²) < 4.78 is 5.52. The van der Waals surface area contributed by atoms with Crippen LogP contribution >= 0.6 is 11.6 Å². The topological polar surface area (TPSA) is 69.7 Å². The molecule has 18 heavy (non-hydrogen) atoms. The molecule has 0 N–H and O–H groups in total. The van der Waals surface area contributed by atoms with Gasteiger partial charge in [0, 0.05) is 18.3 Å². The Kier molecular flexibility index (Phi) is 3.43. The predicted molar refractivity (Wildman–Crippen MR) is 65.2 cm³/mol. The molecular formula is C13H6ClN3O. The molecule has 5 heteroatoms. The van der Waals surface area contributed by atoms with E-state index in [4.69, 9.17) is 26.9 Å². The maximum atomic E-state index is 8.75. The summed E-state index contributed by atoms with van der Waals surface area (Å²) in [6.07, 6.45) is 1.49. The number of rotatable bonds is 2. The van der Waals surface area contributed by atoms with Crippen molar-refractivity contribution in [2.75, 3.05) is 0 Å². The van der Waals surface area contributed by atoms with Crippen molar-refractivity contribution in [1.82, 2.24) is 4.98 Å². The van der Waals surface area contributed by atoms with Crippen molar-refractivity contribution < 1.29 is 4.74 Å². The molecule has 0 saturated carbocycles. The lowest BCUT2D eigenvalue weighted by Crippen LogP contribution is -1.88. The monoisotopic (exact) mass is 255 g/mol. The van der Waals surface area contributed by atoms with E-state index in [0.29, 0.717) is 22.1 Å². The minimum absolute atomic E-state index is 0.271. The lowest BCUT2D eigenvalue weighted by atomic mass is 10.2. The van der Waals surface area contributed by atoms with E-state index in [1.165, 1.54) is 12.3 Å². The van der Waals surface area contributed by atoms with Crippen LogP contribution in [0.1, 0.15) is 11.3 Å². The molecule has 0 atom stereocenters. The van der Waals surface area contributed by atoms with E-state index in [1.54, 1.807) is 24.3 Å². The molecule has 0 amide bonds. The largest absolute Gasteiger partial charge is 0.457 e. The van der Waals surface area contributed by atoms with Crippen LogP contribution in [0.3, 0.4) is 0 Å². The van der Waals surface area contributed by atoms with Crippen molar-refractivity contribution in [1.29, 1.82) is 10.5 Å². The summed E-state index contributed by atoms with van der Waals surface area (Å²) in [5, 5.41) is 17.8. The van der Waals surface area contributed by atoms with Crippen LogP contribution in [0, 0.1) is 22.7 Å². The number of ether oxygens (including phenoxy) is 1. The Bertz CT molecular complexity index is 671. The molecule has 1 aromatic carbocycles. The van der Waals surface area contributed by atoms with Crippen LogP contribution in [-0.2, 0) is 0 Å². The molecule has 0 unspecified atom stereocenters. The van der Waals surface area contributed by atoms with Gasteiger partial charge < -0.3 is 4.74 Å². The van der Waals surface area contributed by atoms with Crippen molar-refractivity contribution >= 4 is 11.6 Å². The molecular weight excluding hydrogens is 250 g/mol. The number of pyridine rings is 1. The van der Waals surface area contributed by atoms with Gasteiger partial charge in [-0.1, -0.05) is 11.6 Å². The van der Waals surface area contributed by atoms with E-state index in [-0.39, 0.29) is 5.69 Å². The number of hydrogen-bond donors (Lipinski definition) is 0. The molecule has 86 valence electrons. The van der Waals surface area contributed by atoms with Crippen LogP contribution in [0.5, 0.6) is 11.5 Å². The number of nitriles is 2. The molecule has 0 aliphatic heterocycles. The number of hydrogen-bond acceptors (Lipinski definition) is 4. The molecule has 0 saturated heterocycles. The number of aromatic nitrogens is 1. The summed E-state index contributed by atoms with van der Waals surface area (Å²) in [5.74, 6) is 0.983. The lowest BCUT2D eigenvalue weighted by Gasteiger charge is -2.06. The molecule has 0 fully saturated rings. The van der Waals surface area contributed by atoms with Crippen LogP contribution in [0.2, 0.25) is 5.02 Å². The normalized spacial score (nSPS) is 9.28. The maximum absolute atomic E-state index is 8.75. The van der Waals surface area contributed by atoms with Crippen LogP contribution < -0.4 is 4.74 Å². The van der Waals surface area contributed by atoms with Crippen LogP contribution in [0.15, 0.2) is 36.5 Å². The van der Waals surface area contributed by atoms with E-state index >= 15 is 0 Å². The fourth-order valence-corrected chi connectivity index (χ4v) is 1.53. The van der Waals surface area contributed by atoms with E-state index in [9.17, 15) is 0 Å². The van der Waals surface area contributed by atoms with Crippen molar-refractivity contribution in [2.24, 2.45) is 0 Å². The molecule has 4 nitrogen and oxygen atoms in total. The van der Waals surface area contributed by atoms with E-state index in [2.05, 4.69) is 4.98 Å². The molecule has 2 rings (SSSR count). The Balaban J connectivity index is 2.27. The van der Waals surface area contributed by atoms with E-state index in [0.717, 1.165) is 0 Å². The Morgan fingerprint density at radius 2 is 1.83 bits per heavy atom. The summed E-state index contributed by atoms with van der Waals surface area (Å²) in [7, 11) is 0. The number of halogens is 1. The second-order valence-corrected chi connectivity index (χ2v) is 3.75. The van der Waals surface area contributed by atoms with Gasteiger partial charge in [-0.3, -0.25) is 0 Å². The minimum atomic E-state index is 0.271. The van der Waals surface area contributed by atoms with Crippen molar-refractivity contribution in [3.05, 3.63) is 52.8 Å². The first-order valence-electron chi connectivity index (χ1n) is 4.96. The predicted octanol–water partition coefficient (Wildman–Crippen LogP) is 3.27. The molecule has 0 aliphatic rings. The fourth-order valence-electron chi connectivity index (χ4n) is 1.32. The summed E-state index contributed by atoms with van der Waals surface area (Å²) in [6, 6.07) is 11.8.